The maximum Gasteiger partial charge on any atom is 0.191 e. The molecule has 2 unspecified atom stereocenters. The van der Waals surface area contributed by atoms with Gasteiger partial charge in [-0.1, -0.05) is 23.7 Å². The highest BCUT2D eigenvalue weighted by atomic mass is 35.5. The summed E-state index contributed by atoms with van der Waals surface area (Å²) in [6.07, 6.45) is 2.89. The molecule has 1 saturated heterocycles. The van der Waals surface area contributed by atoms with Gasteiger partial charge in [-0.2, -0.15) is 0 Å². The van der Waals surface area contributed by atoms with Crippen molar-refractivity contribution in [1.29, 1.82) is 0 Å². The normalized spacial score (nSPS) is 22.5. The van der Waals surface area contributed by atoms with Crippen molar-refractivity contribution in [3.05, 3.63) is 58.5 Å². The second-order valence-corrected chi connectivity index (χ2v) is 8.25. The molecule has 1 aromatic carbocycles. The van der Waals surface area contributed by atoms with E-state index < -0.39 is 0 Å². The van der Waals surface area contributed by atoms with Crippen molar-refractivity contribution in [1.82, 2.24) is 15.6 Å². The van der Waals surface area contributed by atoms with Crippen LogP contribution in [0.3, 0.4) is 0 Å². The number of aromatic nitrogens is 1. The van der Waals surface area contributed by atoms with E-state index in [1.165, 1.54) is 6.07 Å². The maximum atomic E-state index is 14.1. The van der Waals surface area contributed by atoms with E-state index in [9.17, 15) is 4.39 Å². The van der Waals surface area contributed by atoms with Crippen molar-refractivity contribution >= 4 is 23.4 Å². The lowest BCUT2D eigenvalue weighted by atomic mass is 10.1. The van der Waals surface area contributed by atoms with E-state index in [4.69, 9.17) is 11.6 Å². The van der Waals surface area contributed by atoms with Crippen LogP contribution in [0, 0.1) is 12.7 Å². The van der Waals surface area contributed by atoms with Crippen molar-refractivity contribution in [3.8, 4) is 0 Å². The van der Waals surface area contributed by atoms with Gasteiger partial charge in [-0.3, -0.25) is 4.99 Å². The summed E-state index contributed by atoms with van der Waals surface area (Å²) in [6.45, 7) is 3.94. The molecule has 2 aromatic rings. The molecule has 0 radical (unpaired) electrons. The van der Waals surface area contributed by atoms with Gasteiger partial charge in [-0.25, -0.2) is 9.37 Å². The molecule has 1 aliphatic heterocycles. The SMILES string of the molecule is CN=C(NC1CCN(c2cccc(C)n2)CC1)NC1CC1c1c(F)cccc1Cl. The van der Waals surface area contributed by atoms with Gasteiger partial charge in [0.2, 0.25) is 0 Å². The highest BCUT2D eigenvalue weighted by Crippen LogP contribution is 2.44. The fraction of sp³-hybridized carbons (Fsp3) is 0.455. The highest BCUT2D eigenvalue weighted by molar-refractivity contribution is 6.31. The number of anilines is 1. The van der Waals surface area contributed by atoms with Gasteiger partial charge in [0.05, 0.1) is 0 Å². The molecule has 4 rings (SSSR count). The number of piperidine rings is 1. The second-order valence-electron chi connectivity index (χ2n) is 7.84. The monoisotopic (exact) mass is 415 g/mol. The lowest BCUT2D eigenvalue weighted by Crippen LogP contribution is -2.49. The number of nitrogens with one attached hydrogen (secondary N) is 2. The van der Waals surface area contributed by atoms with Crippen molar-refractivity contribution in [3.63, 3.8) is 0 Å². The number of aryl methyl sites for hydroxylation is 1. The molecule has 2 fully saturated rings. The van der Waals surface area contributed by atoms with Crippen LogP contribution in [-0.2, 0) is 0 Å². The molecule has 2 atom stereocenters. The van der Waals surface area contributed by atoms with Gasteiger partial charge in [0.15, 0.2) is 5.96 Å². The van der Waals surface area contributed by atoms with Crippen molar-refractivity contribution in [2.45, 2.75) is 44.2 Å². The van der Waals surface area contributed by atoms with E-state index in [1.807, 2.05) is 13.0 Å². The summed E-state index contributed by atoms with van der Waals surface area (Å²) in [4.78, 5) is 11.3. The van der Waals surface area contributed by atoms with Crippen LogP contribution in [0.4, 0.5) is 10.2 Å². The number of benzene rings is 1. The molecular formula is C22H27ClFN5. The van der Waals surface area contributed by atoms with E-state index in [2.05, 4.69) is 37.6 Å². The Morgan fingerprint density at radius 2 is 1.93 bits per heavy atom. The molecule has 1 aliphatic carbocycles. The first-order chi connectivity index (χ1) is 14.0. The zero-order valence-corrected chi connectivity index (χ0v) is 17.6. The van der Waals surface area contributed by atoms with Crippen LogP contribution in [0.1, 0.15) is 36.4 Å². The molecule has 154 valence electrons. The fourth-order valence-corrected chi connectivity index (χ4v) is 4.34. The zero-order chi connectivity index (χ0) is 20.4. The summed E-state index contributed by atoms with van der Waals surface area (Å²) >= 11 is 6.21. The minimum Gasteiger partial charge on any atom is -0.356 e. The van der Waals surface area contributed by atoms with Crippen LogP contribution in [0.2, 0.25) is 5.02 Å². The summed E-state index contributed by atoms with van der Waals surface area (Å²) in [5.74, 6) is 1.69. The predicted molar refractivity (Wildman–Crippen MR) is 116 cm³/mol. The van der Waals surface area contributed by atoms with E-state index in [0.717, 1.165) is 49.8 Å². The third-order valence-electron chi connectivity index (χ3n) is 5.74. The third kappa shape index (κ3) is 4.64. The van der Waals surface area contributed by atoms with Crippen LogP contribution in [0.5, 0.6) is 0 Å². The van der Waals surface area contributed by atoms with Crippen LogP contribution in [0.15, 0.2) is 41.4 Å². The number of guanidine groups is 1. The fourth-order valence-electron chi connectivity index (χ4n) is 4.04. The first kappa shape index (κ1) is 20.0. The zero-order valence-electron chi connectivity index (χ0n) is 16.8. The molecule has 0 amide bonds. The molecule has 1 aromatic heterocycles. The number of hydrogen-bond acceptors (Lipinski definition) is 3. The molecule has 2 aliphatic rings. The van der Waals surface area contributed by atoms with Crippen LogP contribution in [0.25, 0.3) is 0 Å². The van der Waals surface area contributed by atoms with Crippen LogP contribution < -0.4 is 15.5 Å². The van der Waals surface area contributed by atoms with E-state index in [1.54, 1.807) is 19.2 Å². The molecule has 7 heteroatoms. The van der Waals surface area contributed by atoms with Crippen molar-refractivity contribution < 1.29 is 4.39 Å². The molecule has 1 saturated carbocycles. The Morgan fingerprint density at radius 1 is 1.17 bits per heavy atom. The Hall–Kier alpha value is -2.34. The first-order valence-electron chi connectivity index (χ1n) is 10.2. The predicted octanol–water partition coefficient (Wildman–Crippen LogP) is 3.87. The summed E-state index contributed by atoms with van der Waals surface area (Å²) < 4.78 is 14.1. The molecule has 5 nitrogen and oxygen atoms in total. The van der Waals surface area contributed by atoms with Gasteiger partial charge >= 0.3 is 0 Å². The Bertz CT molecular complexity index is 874. The van der Waals surface area contributed by atoms with E-state index in [0.29, 0.717) is 16.6 Å². The Morgan fingerprint density at radius 3 is 2.62 bits per heavy atom. The number of aliphatic imine (C=N–C) groups is 1. The van der Waals surface area contributed by atoms with Gasteiger partial charge < -0.3 is 15.5 Å². The van der Waals surface area contributed by atoms with Crippen LogP contribution in [-0.4, -0.2) is 43.2 Å². The van der Waals surface area contributed by atoms with Crippen LogP contribution >= 0.6 is 11.6 Å². The van der Waals surface area contributed by atoms with Crippen molar-refractivity contribution in [2.75, 3.05) is 25.0 Å². The average molecular weight is 416 g/mol. The van der Waals surface area contributed by atoms with Gasteiger partial charge in [0.1, 0.15) is 11.6 Å². The highest BCUT2D eigenvalue weighted by Gasteiger charge is 2.42. The Balaban J connectivity index is 1.29. The van der Waals surface area contributed by atoms with Crippen molar-refractivity contribution in [2.24, 2.45) is 4.99 Å². The topological polar surface area (TPSA) is 52.6 Å². The number of nitrogens with zero attached hydrogens (tertiary/aromatic N) is 3. The van der Waals surface area contributed by atoms with Gasteiger partial charge in [0.25, 0.3) is 0 Å². The van der Waals surface area contributed by atoms with Gasteiger partial charge in [0, 0.05) is 54.4 Å². The summed E-state index contributed by atoms with van der Waals surface area (Å²) in [6, 6.07) is 11.5. The minimum atomic E-state index is -0.230. The Labute approximate surface area is 176 Å². The molecule has 0 bridgehead atoms. The molecule has 2 heterocycles. The second kappa shape index (κ2) is 8.57. The van der Waals surface area contributed by atoms with Gasteiger partial charge in [-0.05, 0) is 50.5 Å². The number of halogens is 2. The van der Waals surface area contributed by atoms with Gasteiger partial charge in [-0.15, -0.1) is 0 Å². The first-order valence-corrected chi connectivity index (χ1v) is 10.6. The minimum absolute atomic E-state index is 0.0940. The third-order valence-corrected chi connectivity index (χ3v) is 6.07. The number of hydrogen-bond donors (Lipinski definition) is 2. The van der Waals surface area contributed by atoms with E-state index in [-0.39, 0.29) is 17.8 Å². The lowest BCUT2D eigenvalue weighted by Gasteiger charge is -2.34. The summed E-state index contributed by atoms with van der Waals surface area (Å²) in [7, 11) is 1.77. The molecular weight excluding hydrogens is 389 g/mol. The summed E-state index contributed by atoms with van der Waals surface area (Å²) in [5.41, 5.74) is 1.65. The number of pyridine rings is 1. The lowest BCUT2D eigenvalue weighted by molar-refractivity contribution is 0.459. The molecule has 2 N–H and O–H groups in total. The van der Waals surface area contributed by atoms with E-state index >= 15 is 0 Å². The largest absolute Gasteiger partial charge is 0.356 e. The maximum absolute atomic E-state index is 14.1. The quantitative estimate of drug-likeness (QED) is 0.588. The smallest absolute Gasteiger partial charge is 0.191 e. The Kier molecular flexibility index (Phi) is 5.90. The molecule has 0 spiro atoms. The summed E-state index contributed by atoms with van der Waals surface area (Å²) in [5, 5.41) is 7.46. The number of rotatable bonds is 4. The average Bonchev–Trinajstić information content (AvgIpc) is 3.46. The standard InChI is InChI=1S/C22H27ClFN5/c1-14-5-3-8-20(26-14)29-11-9-15(10-12-29)27-22(25-2)28-19-13-16(19)21-17(23)6-4-7-18(21)24/h3-8,15-16,19H,9-13H2,1-2H3,(H2,25,27,28). The molecule has 29 heavy (non-hydrogen) atoms.